The molecule has 2 rings (SSSR count). The molecule has 22 heavy (non-hydrogen) atoms. The molecule has 1 aliphatic rings. The van der Waals surface area contributed by atoms with Crippen LogP contribution in [0.3, 0.4) is 0 Å². The van der Waals surface area contributed by atoms with Crippen LogP contribution in [-0.2, 0) is 10.2 Å². The van der Waals surface area contributed by atoms with Crippen LogP contribution in [0, 0.1) is 11.8 Å². The second-order valence-electron chi connectivity index (χ2n) is 6.82. The van der Waals surface area contributed by atoms with Crippen molar-refractivity contribution in [3.63, 3.8) is 0 Å². The molecule has 0 unspecified atom stereocenters. The average Bonchev–Trinajstić information content (AvgIpc) is 3.25. The molecule has 3 atom stereocenters. The van der Waals surface area contributed by atoms with Gasteiger partial charge in [0, 0.05) is 19.0 Å². The van der Waals surface area contributed by atoms with Crippen LogP contribution in [0.15, 0.2) is 30.3 Å². The van der Waals surface area contributed by atoms with Gasteiger partial charge in [-0.05, 0) is 38.2 Å². The van der Waals surface area contributed by atoms with Crippen LogP contribution >= 0.6 is 0 Å². The van der Waals surface area contributed by atoms with Crippen molar-refractivity contribution in [1.82, 2.24) is 4.90 Å². The summed E-state index contributed by atoms with van der Waals surface area (Å²) in [6, 6.07) is 10.0. The number of likely N-dealkylation sites (N-methyl/N-ethyl adjacent to an activating group) is 1. The van der Waals surface area contributed by atoms with Crippen LogP contribution < -0.4 is 0 Å². The maximum absolute atomic E-state index is 13.1. The SMILES string of the molecule is CCN(CC)C(=O)[C@@]1(c2ccccc2)C[C@H]1[C@@H](O)CC(C)C. The first-order valence-corrected chi connectivity index (χ1v) is 8.50. The third kappa shape index (κ3) is 3.05. The summed E-state index contributed by atoms with van der Waals surface area (Å²) < 4.78 is 0. The van der Waals surface area contributed by atoms with E-state index >= 15 is 0 Å². The Hall–Kier alpha value is -1.35. The lowest BCUT2D eigenvalue weighted by Gasteiger charge is -2.27. The summed E-state index contributed by atoms with van der Waals surface area (Å²) in [4.78, 5) is 15.0. The lowest BCUT2D eigenvalue weighted by Crippen LogP contribution is -2.41. The van der Waals surface area contributed by atoms with Gasteiger partial charge in [0.15, 0.2) is 0 Å². The molecule has 122 valence electrons. The molecule has 0 spiro atoms. The van der Waals surface area contributed by atoms with E-state index < -0.39 is 11.5 Å². The highest BCUT2D eigenvalue weighted by atomic mass is 16.3. The molecule has 0 bridgehead atoms. The summed E-state index contributed by atoms with van der Waals surface area (Å²) in [7, 11) is 0. The highest BCUT2D eigenvalue weighted by Gasteiger charge is 2.64. The van der Waals surface area contributed by atoms with E-state index in [2.05, 4.69) is 13.8 Å². The van der Waals surface area contributed by atoms with Crippen LogP contribution in [0.1, 0.15) is 46.1 Å². The first-order chi connectivity index (χ1) is 10.5. The summed E-state index contributed by atoms with van der Waals surface area (Å²) in [6.07, 6.45) is 1.12. The lowest BCUT2D eigenvalue weighted by atomic mass is 9.88. The topological polar surface area (TPSA) is 40.5 Å². The fraction of sp³-hybridized carbons (Fsp3) is 0.632. The zero-order valence-electron chi connectivity index (χ0n) is 14.2. The fourth-order valence-corrected chi connectivity index (χ4v) is 3.63. The molecule has 1 aromatic carbocycles. The monoisotopic (exact) mass is 303 g/mol. The second-order valence-corrected chi connectivity index (χ2v) is 6.82. The van der Waals surface area contributed by atoms with E-state index in [1.54, 1.807) is 0 Å². The van der Waals surface area contributed by atoms with Gasteiger partial charge in [-0.3, -0.25) is 4.79 Å². The van der Waals surface area contributed by atoms with Gasteiger partial charge in [-0.15, -0.1) is 0 Å². The van der Waals surface area contributed by atoms with E-state index in [4.69, 9.17) is 0 Å². The van der Waals surface area contributed by atoms with Gasteiger partial charge < -0.3 is 10.0 Å². The minimum absolute atomic E-state index is 0.0467. The summed E-state index contributed by atoms with van der Waals surface area (Å²) in [5.41, 5.74) is 0.543. The molecular formula is C19H29NO2. The normalized spacial score (nSPS) is 25.1. The number of aliphatic hydroxyl groups excluding tert-OH is 1. The standard InChI is InChI=1S/C19H29NO2/c1-5-20(6-2)18(22)19(15-10-8-7-9-11-15)13-16(19)17(21)12-14(3)4/h7-11,14,16-17,21H,5-6,12-13H2,1-4H3/t16-,17-,19+/m0/s1. The van der Waals surface area contributed by atoms with E-state index in [9.17, 15) is 9.90 Å². The molecule has 1 N–H and O–H groups in total. The molecule has 0 saturated heterocycles. The minimum atomic E-state index is -0.512. The number of rotatable bonds is 7. The maximum Gasteiger partial charge on any atom is 0.233 e. The molecule has 1 fully saturated rings. The molecule has 1 aromatic rings. The number of carbonyl (C=O) groups excluding carboxylic acids is 1. The Morgan fingerprint density at radius 2 is 1.86 bits per heavy atom. The van der Waals surface area contributed by atoms with Crippen LogP contribution in [0.4, 0.5) is 0 Å². The van der Waals surface area contributed by atoms with Crippen molar-refractivity contribution in [1.29, 1.82) is 0 Å². The van der Waals surface area contributed by atoms with Crippen molar-refractivity contribution in [3.8, 4) is 0 Å². The van der Waals surface area contributed by atoms with E-state index in [-0.39, 0.29) is 11.8 Å². The van der Waals surface area contributed by atoms with Crippen molar-refractivity contribution in [3.05, 3.63) is 35.9 Å². The number of hydrogen-bond acceptors (Lipinski definition) is 2. The van der Waals surface area contributed by atoms with Crippen molar-refractivity contribution in [2.45, 2.75) is 52.1 Å². The molecule has 0 aromatic heterocycles. The van der Waals surface area contributed by atoms with Crippen molar-refractivity contribution in [2.75, 3.05) is 13.1 Å². The summed E-state index contributed by atoms with van der Waals surface area (Å²) in [5, 5.41) is 10.6. The minimum Gasteiger partial charge on any atom is -0.393 e. The van der Waals surface area contributed by atoms with E-state index in [1.165, 1.54) is 0 Å². The largest absolute Gasteiger partial charge is 0.393 e. The molecule has 3 heteroatoms. The Morgan fingerprint density at radius 3 is 2.36 bits per heavy atom. The Morgan fingerprint density at radius 1 is 1.27 bits per heavy atom. The maximum atomic E-state index is 13.1. The number of carbonyl (C=O) groups is 1. The van der Waals surface area contributed by atoms with Gasteiger partial charge in [-0.25, -0.2) is 0 Å². The van der Waals surface area contributed by atoms with Gasteiger partial charge in [0.1, 0.15) is 0 Å². The smallest absolute Gasteiger partial charge is 0.233 e. The number of benzene rings is 1. The van der Waals surface area contributed by atoms with Crippen molar-refractivity contribution < 1.29 is 9.90 Å². The van der Waals surface area contributed by atoms with Gasteiger partial charge in [-0.1, -0.05) is 44.2 Å². The van der Waals surface area contributed by atoms with Gasteiger partial charge in [0.25, 0.3) is 0 Å². The third-order valence-electron chi connectivity index (χ3n) is 4.91. The predicted molar refractivity (Wildman–Crippen MR) is 89.6 cm³/mol. The Kier molecular flexibility index (Phi) is 5.28. The number of hydrogen-bond donors (Lipinski definition) is 1. The molecule has 1 saturated carbocycles. The van der Waals surface area contributed by atoms with Gasteiger partial charge >= 0.3 is 0 Å². The molecule has 0 heterocycles. The van der Waals surface area contributed by atoms with Gasteiger partial charge in [-0.2, -0.15) is 0 Å². The summed E-state index contributed by atoms with van der Waals surface area (Å²) in [5.74, 6) is 0.662. The molecular weight excluding hydrogens is 274 g/mol. The zero-order chi connectivity index (χ0) is 16.3. The van der Waals surface area contributed by atoms with Gasteiger partial charge in [0.2, 0.25) is 5.91 Å². The quantitative estimate of drug-likeness (QED) is 0.840. The molecule has 0 aliphatic heterocycles. The van der Waals surface area contributed by atoms with Gasteiger partial charge in [0.05, 0.1) is 11.5 Å². The predicted octanol–water partition coefficient (Wildman–Crippen LogP) is 3.22. The molecule has 3 nitrogen and oxygen atoms in total. The fourth-order valence-electron chi connectivity index (χ4n) is 3.63. The van der Waals surface area contributed by atoms with Crippen molar-refractivity contribution >= 4 is 5.91 Å². The second kappa shape index (κ2) is 6.82. The Balaban J connectivity index is 2.31. The highest BCUT2D eigenvalue weighted by Crippen LogP contribution is 2.57. The van der Waals surface area contributed by atoms with E-state index in [0.29, 0.717) is 5.92 Å². The van der Waals surface area contributed by atoms with Crippen LogP contribution in [0.2, 0.25) is 0 Å². The first kappa shape index (κ1) is 17.0. The number of amides is 1. The lowest BCUT2D eigenvalue weighted by molar-refractivity contribution is -0.134. The van der Waals surface area contributed by atoms with Crippen molar-refractivity contribution in [2.24, 2.45) is 11.8 Å². The number of aliphatic hydroxyl groups is 1. The molecule has 1 aliphatic carbocycles. The summed E-state index contributed by atoms with van der Waals surface area (Å²) in [6.45, 7) is 9.70. The number of nitrogens with zero attached hydrogens (tertiary/aromatic N) is 1. The average molecular weight is 303 g/mol. The van der Waals surface area contributed by atoms with E-state index in [1.807, 2.05) is 49.1 Å². The molecule has 1 amide bonds. The highest BCUT2D eigenvalue weighted by molar-refractivity contribution is 5.92. The molecule has 0 radical (unpaired) electrons. The third-order valence-corrected chi connectivity index (χ3v) is 4.91. The Bertz CT molecular complexity index is 495. The first-order valence-electron chi connectivity index (χ1n) is 8.50. The van der Waals surface area contributed by atoms with Crippen LogP contribution in [0.5, 0.6) is 0 Å². The van der Waals surface area contributed by atoms with Crippen LogP contribution in [0.25, 0.3) is 0 Å². The van der Waals surface area contributed by atoms with Crippen LogP contribution in [-0.4, -0.2) is 35.1 Å². The van der Waals surface area contributed by atoms with E-state index in [0.717, 1.165) is 31.5 Å². The Labute approximate surface area is 134 Å². The summed E-state index contributed by atoms with van der Waals surface area (Å²) >= 11 is 0. The zero-order valence-corrected chi connectivity index (χ0v) is 14.2.